The van der Waals surface area contributed by atoms with Crippen molar-refractivity contribution >= 4 is 9.84 Å². The molecule has 0 spiro atoms. The van der Waals surface area contributed by atoms with Crippen molar-refractivity contribution < 1.29 is 8.42 Å². The minimum atomic E-state index is -3.00. The van der Waals surface area contributed by atoms with Gasteiger partial charge in [-0.3, -0.25) is 0 Å². The van der Waals surface area contributed by atoms with Gasteiger partial charge in [-0.1, -0.05) is 40.0 Å². The highest BCUT2D eigenvalue weighted by atomic mass is 32.2. The topological polar surface area (TPSA) is 46.2 Å². The molecule has 0 saturated carbocycles. The second kappa shape index (κ2) is 7.63. The SMILES string of the molecule is CCCCCC(C)(C)CNCCS(=O)(=O)C(C)(C)C. The molecule has 116 valence electrons. The molecule has 0 radical (unpaired) electrons. The van der Waals surface area contributed by atoms with E-state index in [9.17, 15) is 8.42 Å². The number of hydrogen-bond acceptors (Lipinski definition) is 3. The van der Waals surface area contributed by atoms with E-state index < -0.39 is 14.6 Å². The van der Waals surface area contributed by atoms with E-state index in [2.05, 4.69) is 26.1 Å². The second-order valence-electron chi connectivity index (χ2n) is 7.23. The Morgan fingerprint density at radius 1 is 1.00 bits per heavy atom. The zero-order chi connectivity index (χ0) is 15.2. The Morgan fingerprint density at radius 3 is 2.05 bits per heavy atom. The number of unbranched alkanes of at least 4 members (excludes halogenated alkanes) is 2. The molecular weight excluding hydrogens is 258 g/mol. The van der Waals surface area contributed by atoms with Gasteiger partial charge in [0.05, 0.1) is 10.5 Å². The Balaban J connectivity index is 3.98. The molecule has 0 atom stereocenters. The smallest absolute Gasteiger partial charge is 0.156 e. The van der Waals surface area contributed by atoms with Gasteiger partial charge in [-0.2, -0.15) is 0 Å². The third-order valence-corrected chi connectivity index (χ3v) is 6.15. The Hall–Kier alpha value is -0.0900. The molecule has 19 heavy (non-hydrogen) atoms. The van der Waals surface area contributed by atoms with Crippen molar-refractivity contribution in [2.45, 2.75) is 72.0 Å². The van der Waals surface area contributed by atoms with Crippen LogP contribution in [0.3, 0.4) is 0 Å². The van der Waals surface area contributed by atoms with Crippen LogP contribution < -0.4 is 5.32 Å². The first-order chi connectivity index (χ1) is 8.52. The molecule has 0 amide bonds. The molecule has 0 aromatic rings. The fourth-order valence-corrected chi connectivity index (χ4v) is 2.91. The zero-order valence-corrected chi connectivity index (χ0v) is 14.5. The van der Waals surface area contributed by atoms with E-state index >= 15 is 0 Å². The van der Waals surface area contributed by atoms with Gasteiger partial charge >= 0.3 is 0 Å². The van der Waals surface area contributed by atoms with Crippen molar-refractivity contribution in [2.75, 3.05) is 18.8 Å². The molecule has 0 aromatic heterocycles. The van der Waals surface area contributed by atoms with Gasteiger partial charge in [0, 0.05) is 13.1 Å². The van der Waals surface area contributed by atoms with Crippen LogP contribution in [0.5, 0.6) is 0 Å². The second-order valence-corrected chi connectivity index (χ2v) is 10.1. The Bertz CT molecular complexity index is 340. The van der Waals surface area contributed by atoms with E-state index in [-0.39, 0.29) is 11.2 Å². The van der Waals surface area contributed by atoms with E-state index in [1.54, 1.807) is 20.8 Å². The van der Waals surface area contributed by atoms with Gasteiger partial charge in [0.2, 0.25) is 0 Å². The van der Waals surface area contributed by atoms with E-state index in [0.29, 0.717) is 6.54 Å². The number of sulfone groups is 1. The standard InChI is InChI=1S/C15H33NO2S/c1-7-8-9-10-15(5,6)13-16-11-12-19(17,18)14(2,3)4/h16H,7-13H2,1-6H3. The molecule has 0 bridgehead atoms. The molecule has 0 aliphatic rings. The summed E-state index contributed by atoms with van der Waals surface area (Å²) in [7, 11) is -3.00. The van der Waals surface area contributed by atoms with Crippen molar-refractivity contribution in [1.82, 2.24) is 5.32 Å². The van der Waals surface area contributed by atoms with Crippen LogP contribution in [0.25, 0.3) is 0 Å². The van der Waals surface area contributed by atoms with Crippen molar-refractivity contribution in [1.29, 1.82) is 0 Å². The van der Waals surface area contributed by atoms with Gasteiger partial charge in [-0.15, -0.1) is 0 Å². The highest BCUT2D eigenvalue weighted by Crippen LogP contribution is 2.22. The fraction of sp³-hybridized carbons (Fsp3) is 1.00. The lowest BCUT2D eigenvalue weighted by atomic mass is 9.87. The van der Waals surface area contributed by atoms with Crippen LogP contribution in [0.2, 0.25) is 0 Å². The minimum Gasteiger partial charge on any atom is -0.315 e. The van der Waals surface area contributed by atoms with Gasteiger partial charge < -0.3 is 5.32 Å². The van der Waals surface area contributed by atoms with Gasteiger partial charge in [-0.25, -0.2) is 8.42 Å². The molecule has 4 heteroatoms. The summed E-state index contributed by atoms with van der Waals surface area (Å²) < 4.78 is 23.2. The summed E-state index contributed by atoms with van der Waals surface area (Å²) in [4.78, 5) is 0. The van der Waals surface area contributed by atoms with Crippen LogP contribution in [-0.2, 0) is 9.84 Å². The number of rotatable bonds is 9. The van der Waals surface area contributed by atoms with E-state index in [1.807, 2.05) is 0 Å². The van der Waals surface area contributed by atoms with Crippen molar-refractivity contribution in [3.8, 4) is 0 Å². The van der Waals surface area contributed by atoms with Crippen LogP contribution in [0.4, 0.5) is 0 Å². The molecule has 0 aliphatic heterocycles. The summed E-state index contributed by atoms with van der Waals surface area (Å²) >= 11 is 0. The van der Waals surface area contributed by atoms with E-state index in [4.69, 9.17) is 0 Å². The van der Waals surface area contributed by atoms with Gasteiger partial charge in [0.1, 0.15) is 0 Å². The van der Waals surface area contributed by atoms with E-state index in [0.717, 1.165) is 6.54 Å². The monoisotopic (exact) mass is 291 g/mol. The first-order valence-electron chi connectivity index (χ1n) is 7.45. The van der Waals surface area contributed by atoms with Gasteiger partial charge in [0.25, 0.3) is 0 Å². The molecule has 3 nitrogen and oxygen atoms in total. The lowest BCUT2D eigenvalue weighted by molar-refractivity contribution is 0.305. The fourth-order valence-electron chi connectivity index (χ4n) is 1.88. The maximum absolute atomic E-state index is 11.9. The van der Waals surface area contributed by atoms with Crippen LogP contribution in [0, 0.1) is 5.41 Å². The summed E-state index contributed by atoms with van der Waals surface area (Å²) in [6.45, 7) is 13.4. The predicted molar refractivity (Wildman–Crippen MR) is 84.3 cm³/mol. The summed E-state index contributed by atoms with van der Waals surface area (Å²) in [6, 6.07) is 0. The lowest BCUT2D eigenvalue weighted by Gasteiger charge is -2.25. The largest absolute Gasteiger partial charge is 0.315 e. The molecule has 1 N–H and O–H groups in total. The van der Waals surface area contributed by atoms with Crippen LogP contribution in [0.1, 0.15) is 67.2 Å². The Morgan fingerprint density at radius 2 is 1.58 bits per heavy atom. The number of nitrogens with one attached hydrogen (secondary N) is 1. The Kier molecular flexibility index (Phi) is 7.59. The van der Waals surface area contributed by atoms with Crippen LogP contribution >= 0.6 is 0 Å². The van der Waals surface area contributed by atoms with Crippen LogP contribution in [0.15, 0.2) is 0 Å². The molecule has 0 unspecified atom stereocenters. The zero-order valence-electron chi connectivity index (χ0n) is 13.7. The predicted octanol–water partition coefficient (Wildman–Crippen LogP) is 3.40. The average Bonchev–Trinajstić information content (AvgIpc) is 2.23. The maximum atomic E-state index is 11.9. The van der Waals surface area contributed by atoms with Gasteiger partial charge in [0.15, 0.2) is 9.84 Å². The quantitative estimate of drug-likeness (QED) is 0.662. The van der Waals surface area contributed by atoms with E-state index in [1.165, 1.54) is 25.7 Å². The van der Waals surface area contributed by atoms with Crippen molar-refractivity contribution in [2.24, 2.45) is 5.41 Å². The summed E-state index contributed by atoms with van der Waals surface area (Å²) in [5.41, 5.74) is 0.251. The highest BCUT2D eigenvalue weighted by molar-refractivity contribution is 7.92. The maximum Gasteiger partial charge on any atom is 0.156 e. The first-order valence-corrected chi connectivity index (χ1v) is 9.10. The summed E-state index contributed by atoms with van der Waals surface area (Å²) in [5.74, 6) is 0.224. The molecular formula is C15H33NO2S. The summed E-state index contributed by atoms with van der Waals surface area (Å²) in [6.07, 6.45) is 4.97. The molecule has 0 aliphatic carbocycles. The molecule has 0 rings (SSSR count). The Labute approximate surface area is 120 Å². The minimum absolute atomic E-state index is 0.224. The average molecular weight is 292 g/mol. The summed E-state index contributed by atoms with van der Waals surface area (Å²) in [5, 5.41) is 3.30. The lowest BCUT2D eigenvalue weighted by Crippen LogP contribution is -2.37. The third-order valence-electron chi connectivity index (χ3n) is 3.54. The number of hydrogen-bond donors (Lipinski definition) is 1. The molecule has 0 heterocycles. The van der Waals surface area contributed by atoms with Crippen LogP contribution in [-0.4, -0.2) is 32.0 Å². The first kappa shape index (κ1) is 18.9. The van der Waals surface area contributed by atoms with Crippen molar-refractivity contribution in [3.63, 3.8) is 0 Å². The highest BCUT2D eigenvalue weighted by Gasteiger charge is 2.28. The molecule has 0 saturated heterocycles. The molecule has 0 fully saturated rings. The third kappa shape index (κ3) is 7.93. The normalized spacial score (nSPS) is 13.8. The molecule has 0 aromatic carbocycles. The van der Waals surface area contributed by atoms with Gasteiger partial charge in [-0.05, 0) is 32.6 Å². The van der Waals surface area contributed by atoms with Crippen molar-refractivity contribution in [3.05, 3.63) is 0 Å².